The Morgan fingerprint density at radius 1 is 1.27 bits per heavy atom. The van der Waals surface area contributed by atoms with Crippen LogP contribution in [0, 0.1) is 22.9 Å². The molecule has 1 amide bonds. The van der Waals surface area contributed by atoms with Crippen molar-refractivity contribution in [2.45, 2.75) is 27.2 Å². The second kappa shape index (κ2) is 9.43. The van der Waals surface area contributed by atoms with E-state index in [2.05, 4.69) is 34.4 Å². The van der Waals surface area contributed by atoms with Crippen molar-refractivity contribution in [1.82, 2.24) is 10.2 Å². The molecule has 0 spiro atoms. The number of likely N-dealkylation sites (tertiary alicyclic amines) is 1. The van der Waals surface area contributed by atoms with Gasteiger partial charge in [0.25, 0.3) is 0 Å². The number of rotatable bonds is 4. The summed E-state index contributed by atoms with van der Waals surface area (Å²) < 4.78 is 39.7. The maximum absolute atomic E-state index is 13.6. The Labute approximate surface area is 168 Å². The van der Waals surface area contributed by atoms with Gasteiger partial charge in [-0.3, -0.25) is 4.79 Å². The van der Waals surface area contributed by atoms with Crippen molar-refractivity contribution in [2.75, 3.05) is 31.5 Å². The van der Waals surface area contributed by atoms with Gasteiger partial charge in [0.15, 0.2) is 23.4 Å². The van der Waals surface area contributed by atoms with Crippen molar-refractivity contribution in [2.24, 2.45) is 10.4 Å². The highest BCUT2D eigenvalue weighted by Crippen LogP contribution is 2.28. The molecule has 1 aromatic carbocycles. The topological polar surface area (TPSA) is 56.7 Å². The number of hydrogen-bond donors (Lipinski definition) is 2. The van der Waals surface area contributed by atoms with Gasteiger partial charge in [0.05, 0.1) is 5.69 Å². The summed E-state index contributed by atoms with van der Waals surface area (Å²) in [6.45, 7) is 8.29. The molecule has 1 fully saturated rings. The van der Waals surface area contributed by atoms with Crippen LogP contribution in [0.15, 0.2) is 17.1 Å². The van der Waals surface area contributed by atoms with Gasteiger partial charge in [0.2, 0.25) is 5.91 Å². The van der Waals surface area contributed by atoms with Crippen molar-refractivity contribution in [3.63, 3.8) is 0 Å². The summed E-state index contributed by atoms with van der Waals surface area (Å²) in [5.74, 6) is -4.35. The first-order valence-corrected chi connectivity index (χ1v) is 8.20. The SMILES string of the molecule is CCNC(=NCC(=O)Nc1ccc(F)c(F)c1F)N1CCC(C)(C)C1.I. The molecule has 0 radical (unpaired) electrons. The van der Waals surface area contributed by atoms with Crippen LogP contribution in [-0.2, 0) is 4.79 Å². The maximum atomic E-state index is 13.6. The largest absolute Gasteiger partial charge is 0.357 e. The van der Waals surface area contributed by atoms with E-state index in [9.17, 15) is 18.0 Å². The molecule has 2 rings (SSSR count). The zero-order valence-electron chi connectivity index (χ0n) is 15.0. The van der Waals surface area contributed by atoms with E-state index in [1.165, 1.54) is 0 Å². The van der Waals surface area contributed by atoms with E-state index in [-0.39, 0.29) is 35.9 Å². The molecule has 1 saturated heterocycles. The van der Waals surface area contributed by atoms with E-state index < -0.39 is 29.0 Å². The predicted octanol–water partition coefficient (Wildman–Crippen LogP) is 3.36. The standard InChI is InChI=1S/C17H23F3N4O.HI/c1-4-21-16(24-8-7-17(2,3)10-24)22-9-13(25)23-12-6-5-11(18)14(19)15(12)20;/h5-6H,4,7-10H2,1-3H3,(H,21,22)(H,23,25);1H. The van der Waals surface area contributed by atoms with Crippen LogP contribution in [0.4, 0.5) is 18.9 Å². The third-order valence-corrected chi connectivity index (χ3v) is 3.99. The monoisotopic (exact) mass is 484 g/mol. The summed E-state index contributed by atoms with van der Waals surface area (Å²) >= 11 is 0. The van der Waals surface area contributed by atoms with Crippen LogP contribution in [0.25, 0.3) is 0 Å². The number of carbonyl (C=O) groups excluding carboxylic acids is 1. The average Bonchev–Trinajstić information content (AvgIpc) is 2.92. The summed E-state index contributed by atoms with van der Waals surface area (Å²) in [4.78, 5) is 18.3. The van der Waals surface area contributed by atoms with Gasteiger partial charge >= 0.3 is 0 Å². The molecule has 1 aromatic rings. The molecule has 0 aromatic heterocycles. The van der Waals surface area contributed by atoms with Gasteiger partial charge in [-0.05, 0) is 30.9 Å². The van der Waals surface area contributed by atoms with Gasteiger partial charge in [-0.2, -0.15) is 0 Å². The Hall–Kier alpha value is -1.52. The zero-order chi connectivity index (χ0) is 18.6. The number of hydrogen-bond acceptors (Lipinski definition) is 2. The van der Waals surface area contributed by atoms with Crippen LogP contribution in [0.1, 0.15) is 27.2 Å². The Morgan fingerprint density at radius 2 is 1.96 bits per heavy atom. The molecule has 5 nitrogen and oxygen atoms in total. The van der Waals surface area contributed by atoms with Crippen molar-refractivity contribution in [3.8, 4) is 0 Å². The lowest BCUT2D eigenvalue weighted by atomic mass is 9.93. The lowest BCUT2D eigenvalue weighted by Gasteiger charge is -2.23. The average molecular weight is 484 g/mol. The first-order chi connectivity index (χ1) is 11.7. The molecule has 0 atom stereocenters. The van der Waals surface area contributed by atoms with Gasteiger partial charge in [0.1, 0.15) is 6.54 Å². The molecular formula is C17H24F3IN4O. The highest BCUT2D eigenvalue weighted by atomic mass is 127. The van der Waals surface area contributed by atoms with Crippen LogP contribution >= 0.6 is 24.0 Å². The Bertz CT molecular complexity index is 682. The van der Waals surface area contributed by atoms with Gasteiger partial charge < -0.3 is 15.5 Å². The van der Waals surface area contributed by atoms with Crippen LogP contribution in [0.5, 0.6) is 0 Å². The van der Waals surface area contributed by atoms with Crippen molar-refractivity contribution in [3.05, 3.63) is 29.6 Å². The Morgan fingerprint density at radius 3 is 2.54 bits per heavy atom. The number of nitrogens with zero attached hydrogens (tertiary/aromatic N) is 2. The number of amides is 1. The fourth-order valence-corrected chi connectivity index (χ4v) is 2.68. The molecule has 0 aliphatic carbocycles. The predicted molar refractivity (Wildman–Crippen MR) is 106 cm³/mol. The lowest BCUT2D eigenvalue weighted by molar-refractivity contribution is -0.114. The van der Waals surface area contributed by atoms with E-state index >= 15 is 0 Å². The van der Waals surface area contributed by atoms with E-state index in [0.29, 0.717) is 12.5 Å². The van der Waals surface area contributed by atoms with E-state index in [4.69, 9.17) is 0 Å². The van der Waals surface area contributed by atoms with Gasteiger partial charge in [-0.15, -0.1) is 24.0 Å². The summed E-state index contributed by atoms with van der Waals surface area (Å²) in [6.07, 6.45) is 1.02. The fourth-order valence-electron chi connectivity index (χ4n) is 2.68. The second-order valence-electron chi connectivity index (χ2n) is 6.78. The number of guanidine groups is 1. The quantitative estimate of drug-likeness (QED) is 0.299. The van der Waals surface area contributed by atoms with Crippen molar-refractivity contribution in [1.29, 1.82) is 0 Å². The minimum Gasteiger partial charge on any atom is -0.357 e. The lowest BCUT2D eigenvalue weighted by Crippen LogP contribution is -2.41. The van der Waals surface area contributed by atoms with Crippen molar-refractivity contribution >= 4 is 41.5 Å². The summed E-state index contributed by atoms with van der Waals surface area (Å²) in [5.41, 5.74) is -0.237. The Kier molecular flexibility index (Phi) is 8.16. The zero-order valence-corrected chi connectivity index (χ0v) is 17.4. The molecular weight excluding hydrogens is 460 g/mol. The minimum absolute atomic E-state index is 0. The number of nitrogens with one attached hydrogen (secondary N) is 2. The van der Waals surface area contributed by atoms with Gasteiger partial charge in [-0.25, -0.2) is 18.2 Å². The van der Waals surface area contributed by atoms with E-state index in [1.807, 2.05) is 6.92 Å². The van der Waals surface area contributed by atoms with Crippen molar-refractivity contribution < 1.29 is 18.0 Å². The maximum Gasteiger partial charge on any atom is 0.246 e. The third kappa shape index (κ3) is 5.75. The number of anilines is 1. The smallest absolute Gasteiger partial charge is 0.246 e. The summed E-state index contributed by atoms with van der Waals surface area (Å²) in [6, 6.07) is 1.73. The summed E-state index contributed by atoms with van der Waals surface area (Å²) in [7, 11) is 0. The number of halogens is 4. The molecule has 1 heterocycles. The van der Waals surface area contributed by atoms with E-state index in [1.54, 1.807) is 0 Å². The molecule has 1 aliphatic rings. The minimum atomic E-state index is -1.62. The fraction of sp³-hybridized carbons (Fsp3) is 0.529. The van der Waals surface area contributed by atoms with Gasteiger partial charge in [0, 0.05) is 19.6 Å². The molecule has 1 aliphatic heterocycles. The first-order valence-electron chi connectivity index (χ1n) is 8.20. The molecule has 0 bridgehead atoms. The molecule has 0 saturated carbocycles. The molecule has 2 N–H and O–H groups in total. The molecule has 26 heavy (non-hydrogen) atoms. The van der Waals surface area contributed by atoms with E-state index in [0.717, 1.165) is 31.6 Å². The first kappa shape index (κ1) is 22.5. The molecule has 146 valence electrons. The highest BCUT2D eigenvalue weighted by molar-refractivity contribution is 14.0. The second-order valence-corrected chi connectivity index (χ2v) is 6.78. The van der Waals surface area contributed by atoms with Crippen LogP contribution in [0.3, 0.4) is 0 Å². The molecule has 9 heteroatoms. The normalized spacial score (nSPS) is 16.2. The van der Waals surface area contributed by atoms with Crippen LogP contribution in [-0.4, -0.2) is 42.9 Å². The third-order valence-electron chi connectivity index (χ3n) is 3.99. The number of carbonyl (C=O) groups is 1. The van der Waals surface area contributed by atoms with Gasteiger partial charge in [-0.1, -0.05) is 13.8 Å². The number of benzene rings is 1. The van der Waals surface area contributed by atoms with Crippen LogP contribution < -0.4 is 10.6 Å². The molecule has 0 unspecified atom stereocenters. The highest BCUT2D eigenvalue weighted by Gasteiger charge is 2.30. The number of aliphatic imine (C=N–C) groups is 1. The Balaban J connectivity index is 0.00000338. The van der Waals surface area contributed by atoms with Crippen LogP contribution in [0.2, 0.25) is 0 Å². The summed E-state index contributed by atoms with van der Waals surface area (Å²) in [5, 5.41) is 5.33.